The fraction of sp³-hybridized carbons (Fsp3) is 0.692. The maximum absolute atomic E-state index is 10.9. The summed E-state index contributed by atoms with van der Waals surface area (Å²) in [6.07, 6.45) is -1.60. The van der Waals surface area contributed by atoms with Gasteiger partial charge in [0.15, 0.2) is 12.6 Å². The molecule has 2 saturated heterocycles. The van der Waals surface area contributed by atoms with Crippen LogP contribution in [0.4, 0.5) is 0 Å². The van der Waals surface area contributed by atoms with Gasteiger partial charge in [-0.2, -0.15) is 0 Å². The number of hydrogen-bond acceptors (Lipinski definition) is 7. The van der Waals surface area contributed by atoms with Crippen LogP contribution in [0.3, 0.4) is 0 Å². The molecule has 186 valence electrons. The fourth-order valence-corrected chi connectivity index (χ4v) is 4.75. The van der Waals surface area contributed by atoms with Crippen LogP contribution in [0.5, 0.6) is 0 Å². The highest BCUT2D eigenvalue weighted by atomic mass is 16.7. The van der Waals surface area contributed by atoms with Crippen LogP contribution in [0.15, 0.2) is 43.0 Å². The van der Waals surface area contributed by atoms with E-state index in [2.05, 4.69) is 27.4 Å². The van der Waals surface area contributed by atoms with E-state index in [1.807, 2.05) is 37.3 Å². The second-order valence-corrected chi connectivity index (χ2v) is 9.23. The topological polar surface area (TPSA) is 86.6 Å². The number of aliphatic hydroxyl groups excluding tert-OH is 2. The Hall–Kier alpha value is -1.32. The van der Waals surface area contributed by atoms with Gasteiger partial charge in [0.25, 0.3) is 0 Å². The van der Waals surface area contributed by atoms with Crippen molar-refractivity contribution >= 4 is 0 Å². The van der Waals surface area contributed by atoms with E-state index in [-0.39, 0.29) is 30.7 Å². The van der Waals surface area contributed by atoms with Gasteiger partial charge in [-0.05, 0) is 23.8 Å². The van der Waals surface area contributed by atoms with Crippen molar-refractivity contribution in [3.8, 4) is 0 Å². The molecule has 33 heavy (non-hydrogen) atoms. The van der Waals surface area contributed by atoms with Crippen molar-refractivity contribution in [2.45, 2.75) is 83.8 Å². The Labute approximate surface area is 197 Å². The largest absolute Gasteiger partial charge is 0.394 e. The van der Waals surface area contributed by atoms with Crippen molar-refractivity contribution < 1.29 is 33.9 Å². The minimum Gasteiger partial charge on any atom is -0.394 e. The molecule has 2 heterocycles. The predicted molar refractivity (Wildman–Crippen MR) is 124 cm³/mol. The van der Waals surface area contributed by atoms with Crippen LogP contribution >= 0.6 is 0 Å². The number of hydrogen-bond donors (Lipinski definition) is 2. The van der Waals surface area contributed by atoms with Crippen molar-refractivity contribution in [1.82, 2.24) is 0 Å². The molecule has 10 atom stereocenters. The lowest BCUT2D eigenvalue weighted by molar-refractivity contribution is -0.344. The van der Waals surface area contributed by atoms with E-state index >= 15 is 0 Å². The smallest absolute Gasteiger partial charge is 0.184 e. The Bertz CT molecular complexity index is 714. The summed E-state index contributed by atoms with van der Waals surface area (Å²) in [5.74, 6) is 0.184. The van der Waals surface area contributed by atoms with E-state index in [9.17, 15) is 10.2 Å². The Kier molecular flexibility index (Phi) is 9.88. The molecule has 2 aliphatic heterocycles. The second-order valence-electron chi connectivity index (χ2n) is 9.23. The maximum Gasteiger partial charge on any atom is 0.184 e. The third kappa shape index (κ3) is 6.22. The Balaban J connectivity index is 1.79. The van der Waals surface area contributed by atoms with Crippen LogP contribution < -0.4 is 0 Å². The van der Waals surface area contributed by atoms with Crippen molar-refractivity contribution in [2.24, 2.45) is 17.8 Å². The molecule has 0 aromatic heterocycles. The predicted octanol–water partition coefficient (Wildman–Crippen LogP) is 3.28. The second kappa shape index (κ2) is 12.4. The highest BCUT2D eigenvalue weighted by Gasteiger charge is 2.49. The molecule has 0 spiro atoms. The molecule has 2 N–H and O–H groups in total. The standard InChI is InChI=1S/C26H40O7/c1-6-13-29-25-18(5)23(22(28)21(14-27)32-25)33-26-24(17(4)16(3)20(7-2)31-26)30-15-19-11-9-8-10-12-19/h6,8-12,16-18,20-28H,1,7,13-15H2,2-5H3/t16-,17-,18?,20?,21?,22+,23+,24?,25-,26-/m0/s1. The minimum absolute atomic E-state index is 0.0234. The Morgan fingerprint density at radius 3 is 2.27 bits per heavy atom. The SMILES string of the molecule is C=CCO[C@H]1OC(CO)[C@@H](O)[C@H](O[C@@H]2OC(CC)[C@@H](C)[C@H](C)C2OCc2ccccc2)C1C. The average Bonchev–Trinajstić information content (AvgIpc) is 2.83. The number of benzene rings is 1. The van der Waals surface area contributed by atoms with E-state index in [0.717, 1.165) is 12.0 Å². The lowest BCUT2D eigenvalue weighted by Gasteiger charge is -2.48. The molecule has 1 aromatic carbocycles. The summed E-state index contributed by atoms with van der Waals surface area (Å²) in [6, 6.07) is 10.0. The highest BCUT2D eigenvalue weighted by molar-refractivity contribution is 5.13. The molecule has 7 heteroatoms. The lowest BCUT2D eigenvalue weighted by atomic mass is 9.82. The van der Waals surface area contributed by atoms with Crippen LogP contribution in [0, 0.1) is 17.8 Å². The van der Waals surface area contributed by atoms with E-state index in [1.54, 1.807) is 6.08 Å². The molecule has 1 aromatic rings. The van der Waals surface area contributed by atoms with Crippen LogP contribution in [0.1, 0.15) is 39.7 Å². The number of aliphatic hydroxyl groups is 2. The van der Waals surface area contributed by atoms with Crippen LogP contribution in [0.2, 0.25) is 0 Å². The third-order valence-corrected chi connectivity index (χ3v) is 7.02. The summed E-state index contributed by atoms with van der Waals surface area (Å²) in [4.78, 5) is 0. The van der Waals surface area contributed by atoms with Gasteiger partial charge in [-0.1, -0.05) is 64.1 Å². The molecule has 7 nitrogen and oxygen atoms in total. The molecule has 0 amide bonds. The highest BCUT2D eigenvalue weighted by Crippen LogP contribution is 2.38. The summed E-state index contributed by atoms with van der Waals surface area (Å²) in [5, 5.41) is 20.7. The van der Waals surface area contributed by atoms with E-state index in [1.165, 1.54) is 0 Å². The maximum atomic E-state index is 10.9. The summed E-state index contributed by atoms with van der Waals surface area (Å²) in [7, 11) is 0. The molecule has 2 fully saturated rings. The third-order valence-electron chi connectivity index (χ3n) is 7.02. The molecule has 4 unspecified atom stereocenters. The minimum atomic E-state index is -1.03. The summed E-state index contributed by atoms with van der Waals surface area (Å²) in [6.45, 7) is 12.4. The normalized spacial score (nSPS) is 39.3. The van der Waals surface area contributed by atoms with Gasteiger partial charge in [0.2, 0.25) is 0 Å². The lowest BCUT2D eigenvalue weighted by Crippen LogP contribution is -2.60. The molecule has 0 radical (unpaired) electrons. The van der Waals surface area contributed by atoms with Crippen LogP contribution in [0.25, 0.3) is 0 Å². The van der Waals surface area contributed by atoms with Gasteiger partial charge < -0.3 is 33.9 Å². The van der Waals surface area contributed by atoms with Crippen molar-refractivity contribution in [3.63, 3.8) is 0 Å². The summed E-state index contributed by atoms with van der Waals surface area (Å²) < 4.78 is 30.7. The van der Waals surface area contributed by atoms with Gasteiger partial charge in [-0.25, -0.2) is 0 Å². The Morgan fingerprint density at radius 1 is 0.939 bits per heavy atom. The monoisotopic (exact) mass is 464 g/mol. The first kappa shape index (κ1) is 26.3. The van der Waals surface area contributed by atoms with Crippen LogP contribution in [-0.4, -0.2) is 66.5 Å². The van der Waals surface area contributed by atoms with Gasteiger partial charge >= 0.3 is 0 Å². The Morgan fingerprint density at radius 2 is 1.64 bits per heavy atom. The van der Waals surface area contributed by atoms with Gasteiger partial charge in [0, 0.05) is 5.92 Å². The van der Waals surface area contributed by atoms with Gasteiger partial charge in [0.05, 0.1) is 32.0 Å². The van der Waals surface area contributed by atoms with Gasteiger partial charge in [-0.3, -0.25) is 0 Å². The number of rotatable bonds is 10. The quantitative estimate of drug-likeness (QED) is 0.514. The molecule has 2 aliphatic rings. The van der Waals surface area contributed by atoms with Crippen LogP contribution in [-0.2, 0) is 30.3 Å². The molecular weight excluding hydrogens is 424 g/mol. The summed E-state index contributed by atoms with van der Waals surface area (Å²) >= 11 is 0. The molecule has 3 rings (SSSR count). The van der Waals surface area contributed by atoms with Crippen molar-refractivity contribution in [1.29, 1.82) is 0 Å². The number of ether oxygens (including phenoxy) is 5. The summed E-state index contributed by atoms with van der Waals surface area (Å²) in [5.41, 5.74) is 1.08. The first-order chi connectivity index (χ1) is 15.9. The van der Waals surface area contributed by atoms with Crippen molar-refractivity contribution in [2.75, 3.05) is 13.2 Å². The van der Waals surface area contributed by atoms with E-state index in [4.69, 9.17) is 23.7 Å². The van der Waals surface area contributed by atoms with E-state index < -0.39 is 30.9 Å². The fourth-order valence-electron chi connectivity index (χ4n) is 4.75. The first-order valence-electron chi connectivity index (χ1n) is 12.0. The molecular formula is C26H40O7. The zero-order valence-electron chi connectivity index (χ0n) is 20.2. The van der Waals surface area contributed by atoms with Gasteiger partial charge in [0.1, 0.15) is 18.3 Å². The molecule has 0 aliphatic carbocycles. The van der Waals surface area contributed by atoms with E-state index in [0.29, 0.717) is 19.1 Å². The van der Waals surface area contributed by atoms with Crippen molar-refractivity contribution in [3.05, 3.63) is 48.6 Å². The first-order valence-corrected chi connectivity index (χ1v) is 12.0. The zero-order valence-corrected chi connectivity index (χ0v) is 20.2. The average molecular weight is 465 g/mol. The molecule has 0 bridgehead atoms. The zero-order chi connectivity index (χ0) is 24.0. The molecule has 0 saturated carbocycles. The van der Waals surface area contributed by atoms with Gasteiger partial charge in [-0.15, -0.1) is 6.58 Å².